The van der Waals surface area contributed by atoms with Crippen molar-refractivity contribution in [1.82, 2.24) is 0 Å². The Balaban J connectivity index is 1.42. The monoisotopic (exact) mass is 617 g/mol. The van der Waals surface area contributed by atoms with Crippen LogP contribution in [0.5, 0.6) is 0 Å². The minimum Gasteiger partial charge on any atom is -0.317 e. The molecular weight excluding hydrogens is 586 g/mol. The Morgan fingerprint density at radius 3 is 2.02 bits per heavy atom. The molecule has 5 nitrogen and oxygen atoms in total. The summed E-state index contributed by atoms with van der Waals surface area (Å²) in [7, 11) is 0. The Morgan fingerprint density at radius 1 is 0.857 bits per heavy atom. The van der Waals surface area contributed by atoms with Gasteiger partial charge in [-0.3, -0.25) is 9.59 Å². The molecule has 0 saturated heterocycles. The quantitative estimate of drug-likeness (QED) is 0.0702. The predicted molar refractivity (Wildman–Crippen MR) is 172 cm³/mol. The average molecular weight is 618 g/mol. The molecule has 1 aliphatic carbocycles. The maximum Gasteiger partial charge on any atom is 0.340 e. The van der Waals surface area contributed by atoms with Crippen molar-refractivity contribution < 1.29 is 19.2 Å². The van der Waals surface area contributed by atoms with E-state index in [1.54, 1.807) is 56.4 Å². The van der Waals surface area contributed by atoms with Crippen LogP contribution in [0.2, 0.25) is 5.02 Å². The molecule has 0 bridgehead atoms. The molecule has 4 rings (SSSR count). The van der Waals surface area contributed by atoms with Crippen molar-refractivity contribution in [3.8, 4) is 0 Å². The predicted octanol–water partition coefficient (Wildman–Crippen LogP) is 9.26. The number of thioether (sulfide) groups is 1. The molecule has 0 saturated carbocycles. The van der Waals surface area contributed by atoms with Gasteiger partial charge in [-0.25, -0.2) is 4.79 Å². The van der Waals surface area contributed by atoms with Gasteiger partial charge in [0, 0.05) is 48.6 Å². The third-order valence-electron chi connectivity index (χ3n) is 6.31. The van der Waals surface area contributed by atoms with Crippen LogP contribution in [0.1, 0.15) is 60.7 Å². The first-order valence-corrected chi connectivity index (χ1v) is 15.8. The van der Waals surface area contributed by atoms with Gasteiger partial charge >= 0.3 is 5.97 Å². The summed E-state index contributed by atoms with van der Waals surface area (Å²) in [5.41, 5.74) is 1.40. The molecule has 0 heterocycles. The molecule has 0 spiro atoms. The molecule has 0 N–H and O–H groups in total. The number of hydrogen-bond donors (Lipinski definition) is 0. The fourth-order valence-corrected chi connectivity index (χ4v) is 5.66. The Hall–Kier alpha value is -3.39. The van der Waals surface area contributed by atoms with E-state index in [2.05, 4.69) is 11.2 Å². The number of Topliss-reactive ketones (excluding diaryl/α,β-unsaturated/α-hetero) is 2. The van der Waals surface area contributed by atoms with Gasteiger partial charge in [-0.1, -0.05) is 46.7 Å². The maximum absolute atomic E-state index is 13.4. The lowest BCUT2D eigenvalue weighted by Crippen LogP contribution is -2.23. The van der Waals surface area contributed by atoms with Gasteiger partial charge in [-0.2, -0.15) is 0 Å². The molecule has 0 aromatic heterocycles. The highest BCUT2D eigenvalue weighted by Crippen LogP contribution is 2.29. The molecule has 0 fully saturated rings. The van der Waals surface area contributed by atoms with Crippen LogP contribution in [-0.2, 0) is 9.63 Å². The lowest BCUT2D eigenvalue weighted by molar-refractivity contribution is -0.152. The summed E-state index contributed by atoms with van der Waals surface area (Å²) >= 11 is 9.08. The van der Waals surface area contributed by atoms with Crippen molar-refractivity contribution in [2.24, 2.45) is 10.6 Å². The van der Waals surface area contributed by atoms with Gasteiger partial charge in [0.05, 0.1) is 5.41 Å². The van der Waals surface area contributed by atoms with Crippen LogP contribution in [0.3, 0.4) is 0 Å². The fraction of sp³-hybridized carbons (Fsp3) is 0.235. The summed E-state index contributed by atoms with van der Waals surface area (Å²) in [6.45, 7) is 5.20. The Morgan fingerprint density at radius 2 is 1.45 bits per heavy atom. The Bertz CT molecular complexity index is 1520. The summed E-state index contributed by atoms with van der Waals surface area (Å²) in [5.74, 6) is -0.166. The van der Waals surface area contributed by atoms with Crippen molar-refractivity contribution in [2.75, 3.05) is 5.75 Å². The van der Waals surface area contributed by atoms with Gasteiger partial charge in [0.25, 0.3) is 0 Å². The average Bonchev–Trinajstić information content (AvgIpc) is 2.99. The second-order valence-electron chi connectivity index (χ2n) is 10.7. The first-order chi connectivity index (χ1) is 20.1. The summed E-state index contributed by atoms with van der Waals surface area (Å²) in [6.07, 6.45) is 7.86. The third kappa shape index (κ3) is 9.05. The zero-order chi connectivity index (χ0) is 30.1. The molecule has 42 heavy (non-hydrogen) atoms. The van der Waals surface area contributed by atoms with Crippen LogP contribution < -0.4 is 0 Å². The highest BCUT2D eigenvalue weighted by atomic mass is 35.5. The maximum atomic E-state index is 13.4. The van der Waals surface area contributed by atoms with E-state index in [9.17, 15) is 14.4 Å². The van der Waals surface area contributed by atoms with E-state index in [4.69, 9.17) is 16.4 Å². The van der Waals surface area contributed by atoms with Crippen molar-refractivity contribution in [1.29, 1.82) is 0 Å². The number of oxime groups is 1. The van der Waals surface area contributed by atoms with Crippen LogP contribution >= 0.6 is 35.1 Å². The Kier molecular flexibility index (Phi) is 11.0. The lowest BCUT2D eigenvalue weighted by Gasteiger charge is -2.14. The van der Waals surface area contributed by atoms with Crippen molar-refractivity contribution in [2.45, 2.75) is 54.7 Å². The lowest BCUT2D eigenvalue weighted by atomic mass is 9.96. The molecule has 0 unspecified atom stereocenters. The summed E-state index contributed by atoms with van der Waals surface area (Å²) < 4.78 is 0. The third-order valence-corrected chi connectivity index (χ3v) is 8.59. The molecule has 3 aromatic rings. The molecule has 0 atom stereocenters. The van der Waals surface area contributed by atoms with Gasteiger partial charge in [-0.05, 0) is 106 Å². The number of carbonyl (C=O) groups excluding carboxylic acids is 3. The molecule has 1 aliphatic rings. The van der Waals surface area contributed by atoms with Gasteiger partial charge in [0.15, 0.2) is 5.78 Å². The number of carbonyl (C=O) groups is 3. The highest BCUT2D eigenvalue weighted by Gasteiger charge is 2.25. The van der Waals surface area contributed by atoms with Gasteiger partial charge in [0.2, 0.25) is 5.78 Å². The number of nitrogens with zero attached hydrogens (tertiary/aromatic N) is 1. The molecule has 8 heteroatoms. The summed E-state index contributed by atoms with van der Waals surface area (Å²) in [4.78, 5) is 46.6. The molecular formula is C34H32ClNO4S2. The number of halogens is 1. The van der Waals surface area contributed by atoms with Crippen LogP contribution in [0.4, 0.5) is 0 Å². The first kappa shape index (κ1) is 31.5. The van der Waals surface area contributed by atoms with E-state index in [1.807, 2.05) is 72.8 Å². The van der Waals surface area contributed by atoms with Crippen molar-refractivity contribution in [3.63, 3.8) is 0 Å². The smallest absolute Gasteiger partial charge is 0.317 e. The summed E-state index contributed by atoms with van der Waals surface area (Å²) in [6, 6.07) is 22.3. The molecule has 3 aromatic carbocycles. The largest absolute Gasteiger partial charge is 0.340 e. The zero-order valence-corrected chi connectivity index (χ0v) is 26.2. The first-order valence-electron chi connectivity index (χ1n) is 13.6. The van der Waals surface area contributed by atoms with Crippen LogP contribution in [0.25, 0.3) is 0 Å². The van der Waals surface area contributed by atoms with Gasteiger partial charge in [0.1, 0.15) is 5.71 Å². The number of ketones is 2. The minimum atomic E-state index is -0.745. The van der Waals surface area contributed by atoms with E-state index < -0.39 is 11.4 Å². The second kappa shape index (κ2) is 14.7. The standard InChI is InChI=1S/C34H32ClNO4S2/c1-34(2,3)33(39)40-36-30(21-22-41-27-19-13-26(35)14-20-27)32(38)25-11-17-29(18-12-25)42-28-15-9-24(10-16-28)31(37)23-7-5-4-6-8-23/h4-5,7,9-20H,6,8,21-22H2,1-3H3. The van der Waals surface area contributed by atoms with Crippen molar-refractivity contribution in [3.05, 3.63) is 113 Å². The number of allylic oxidation sites excluding steroid dienone is 4. The Labute approximate surface area is 260 Å². The van der Waals surface area contributed by atoms with E-state index in [1.165, 1.54) is 0 Å². The van der Waals surface area contributed by atoms with Gasteiger partial charge < -0.3 is 4.84 Å². The minimum absolute atomic E-state index is 0.0657. The topological polar surface area (TPSA) is 72.8 Å². The van der Waals surface area contributed by atoms with Gasteiger partial charge in [-0.15, -0.1) is 11.8 Å². The normalized spacial score (nSPS) is 13.4. The van der Waals surface area contributed by atoms with E-state index in [0.29, 0.717) is 28.3 Å². The summed E-state index contributed by atoms with van der Waals surface area (Å²) in [5, 5.41) is 4.66. The SMILES string of the molecule is CC(C)(C)C(=O)ON=C(CCSc1ccc(Cl)cc1)C(=O)c1ccc(Sc2ccc(C(=O)C3=CC=CCC3)cc2)cc1. The second-order valence-corrected chi connectivity index (χ2v) is 13.4. The fourth-order valence-electron chi connectivity index (χ4n) is 3.86. The molecule has 0 amide bonds. The number of benzene rings is 3. The number of rotatable bonds is 11. The van der Waals surface area contributed by atoms with Crippen molar-refractivity contribution >= 4 is 58.4 Å². The highest BCUT2D eigenvalue weighted by molar-refractivity contribution is 7.99. The molecule has 0 aliphatic heterocycles. The zero-order valence-electron chi connectivity index (χ0n) is 23.8. The van der Waals surface area contributed by atoms with E-state index >= 15 is 0 Å². The van der Waals surface area contributed by atoms with Crippen LogP contribution in [0.15, 0.2) is 116 Å². The van der Waals surface area contributed by atoms with Crippen LogP contribution in [0, 0.1) is 5.41 Å². The van der Waals surface area contributed by atoms with E-state index in [0.717, 1.165) is 33.1 Å². The van der Waals surface area contributed by atoms with Crippen LogP contribution in [-0.4, -0.2) is 29.0 Å². The van der Waals surface area contributed by atoms with E-state index in [-0.39, 0.29) is 17.3 Å². The molecule has 216 valence electrons. The molecule has 0 radical (unpaired) electrons. The number of hydrogen-bond acceptors (Lipinski definition) is 7.